The van der Waals surface area contributed by atoms with Crippen LogP contribution in [-0.4, -0.2) is 26.2 Å². The van der Waals surface area contributed by atoms with Gasteiger partial charge < -0.3 is 5.73 Å². The summed E-state index contributed by atoms with van der Waals surface area (Å²) >= 11 is 0. The quantitative estimate of drug-likeness (QED) is 0.803. The first kappa shape index (κ1) is 10.4. The number of halogens is 2. The average molecular weight is 217 g/mol. The van der Waals surface area contributed by atoms with Gasteiger partial charge in [0, 0.05) is 12.0 Å². The second kappa shape index (κ2) is 4.18. The van der Waals surface area contributed by atoms with Gasteiger partial charge in [0.2, 0.25) is 0 Å². The Morgan fingerprint density at radius 1 is 1.27 bits per heavy atom. The van der Waals surface area contributed by atoms with E-state index in [2.05, 4.69) is 15.4 Å². The molecule has 1 heterocycles. The lowest BCUT2D eigenvalue weighted by atomic mass is 9.86. The van der Waals surface area contributed by atoms with Crippen molar-refractivity contribution in [2.24, 2.45) is 5.73 Å². The van der Waals surface area contributed by atoms with Crippen LogP contribution in [0.5, 0.6) is 0 Å². The average Bonchev–Trinajstić information content (AvgIpc) is 2.68. The highest BCUT2D eigenvalue weighted by atomic mass is 19.3. The van der Waals surface area contributed by atoms with Crippen molar-refractivity contribution in [2.45, 2.75) is 44.2 Å². The molecule has 0 aromatic carbocycles. The van der Waals surface area contributed by atoms with E-state index in [1.807, 2.05) is 0 Å². The molecule has 1 saturated carbocycles. The van der Waals surface area contributed by atoms with Gasteiger partial charge in [-0.05, 0) is 30.9 Å². The van der Waals surface area contributed by atoms with Crippen LogP contribution in [-0.2, 0) is 0 Å². The van der Waals surface area contributed by atoms with Crippen LogP contribution in [0.15, 0.2) is 0 Å². The minimum atomic E-state index is -2.71. The monoisotopic (exact) mass is 217 g/mol. The van der Waals surface area contributed by atoms with Gasteiger partial charge in [0.05, 0.1) is 0 Å². The van der Waals surface area contributed by atoms with Gasteiger partial charge >= 0.3 is 6.55 Å². The van der Waals surface area contributed by atoms with Crippen LogP contribution >= 0.6 is 0 Å². The highest BCUT2D eigenvalue weighted by Crippen LogP contribution is 2.29. The van der Waals surface area contributed by atoms with Gasteiger partial charge in [-0.3, -0.25) is 0 Å². The molecule has 1 aliphatic carbocycles. The Kier molecular flexibility index (Phi) is 2.90. The molecular weight excluding hydrogens is 204 g/mol. The number of nitrogens with zero attached hydrogens (tertiary/aromatic N) is 4. The van der Waals surface area contributed by atoms with Crippen molar-refractivity contribution >= 4 is 0 Å². The molecule has 0 saturated heterocycles. The summed E-state index contributed by atoms with van der Waals surface area (Å²) in [7, 11) is 0. The molecule has 5 nitrogen and oxygen atoms in total. The zero-order valence-corrected chi connectivity index (χ0v) is 8.18. The molecule has 2 rings (SSSR count). The summed E-state index contributed by atoms with van der Waals surface area (Å²) in [6, 6.07) is 0.228. The van der Waals surface area contributed by atoms with E-state index in [4.69, 9.17) is 5.73 Å². The number of tetrazole rings is 1. The van der Waals surface area contributed by atoms with Crippen molar-refractivity contribution < 1.29 is 8.78 Å². The Labute approximate surface area is 85.6 Å². The summed E-state index contributed by atoms with van der Waals surface area (Å²) in [5.74, 6) is 0.555. The zero-order chi connectivity index (χ0) is 10.8. The Balaban J connectivity index is 2.03. The molecule has 1 aromatic heterocycles. The summed E-state index contributed by atoms with van der Waals surface area (Å²) in [5, 5.41) is 10.6. The Bertz CT molecular complexity index is 319. The standard InChI is InChI=1S/C8H13F2N5/c9-8(10)15-13-7(12-14-15)5-1-3-6(11)4-2-5/h5-6,8H,1-4,11H2. The maximum absolute atomic E-state index is 12.2. The van der Waals surface area contributed by atoms with Crippen molar-refractivity contribution in [3.63, 3.8) is 0 Å². The zero-order valence-electron chi connectivity index (χ0n) is 8.18. The van der Waals surface area contributed by atoms with Gasteiger partial charge in [0.25, 0.3) is 0 Å². The summed E-state index contributed by atoms with van der Waals surface area (Å²) in [6.07, 6.45) is 3.51. The Morgan fingerprint density at radius 3 is 2.47 bits per heavy atom. The first-order valence-electron chi connectivity index (χ1n) is 5.00. The SMILES string of the molecule is NC1CCC(c2nnn(C(F)F)n2)CC1. The van der Waals surface area contributed by atoms with E-state index in [9.17, 15) is 8.78 Å². The number of hydrogen-bond donors (Lipinski definition) is 1. The molecule has 0 bridgehead atoms. The number of alkyl halides is 2. The number of nitrogens with two attached hydrogens (primary N) is 1. The van der Waals surface area contributed by atoms with Crippen LogP contribution in [0.4, 0.5) is 8.78 Å². The highest BCUT2D eigenvalue weighted by molar-refractivity contribution is 4.94. The molecule has 7 heteroatoms. The lowest BCUT2D eigenvalue weighted by molar-refractivity contribution is 0.0392. The molecule has 1 fully saturated rings. The van der Waals surface area contributed by atoms with E-state index in [0.29, 0.717) is 10.6 Å². The van der Waals surface area contributed by atoms with Crippen molar-refractivity contribution in [3.8, 4) is 0 Å². The van der Waals surface area contributed by atoms with E-state index in [-0.39, 0.29) is 12.0 Å². The third-order valence-corrected chi connectivity index (χ3v) is 2.76. The second-order valence-corrected chi connectivity index (χ2v) is 3.86. The number of aromatic nitrogens is 4. The van der Waals surface area contributed by atoms with Crippen LogP contribution in [0.1, 0.15) is 44.0 Å². The van der Waals surface area contributed by atoms with Gasteiger partial charge in [0.15, 0.2) is 5.82 Å². The number of hydrogen-bond acceptors (Lipinski definition) is 4. The second-order valence-electron chi connectivity index (χ2n) is 3.86. The third kappa shape index (κ3) is 2.28. The summed E-state index contributed by atoms with van der Waals surface area (Å²) in [5.41, 5.74) is 5.75. The van der Waals surface area contributed by atoms with Crippen LogP contribution in [0.3, 0.4) is 0 Å². The molecule has 2 N–H and O–H groups in total. The predicted octanol–water partition coefficient (Wildman–Crippen LogP) is 1.05. The molecule has 0 radical (unpaired) electrons. The summed E-state index contributed by atoms with van der Waals surface area (Å²) in [4.78, 5) is 0.351. The first-order valence-corrected chi connectivity index (χ1v) is 5.00. The van der Waals surface area contributed by atoms with Gasteiger partial charge in [-0.15, -0.1) is 10.2 Å². The fraction of sp³-hybridized carbons (Fsp3) is 0.875. The minimum Gasteiger partial charge on any atom is -0.328 e. The van der Waals surface area contributed by atoms with Crippen molar-refractivity contribution in [3.05, 3.63) is 5.82 Å². The summed E-state index contributed by atoms with van der Waals surface area (Å²) < 4.78 is 24.4. The molecule has 1 aromatic rings. The van der Waals surface area contributed by atoms with E-state index < -0.39 is 6.55 Å². The molecule has 0 amide bonds. The maximum Gasteiger partial charge on any atom is 0.350 e. The fourth-order valence-electron chi connectivity index (χ4n) is 1.86. The van der Waals surface area contributed by atoms with Gasteiger partial charge in [-0.1, -0.05) is 4.80 Å². The molecular formula is C8H13F2N5. The number of rotatable bonds is 2. The molecule has 0 spiro atoms. The van der Waals surface area contributed by atoms with Crippen LogP contribution < -0.4 is 5.73 Å². The highest BCUT2D eigenvalue weighted by Gasteiger charge is 2.24. The van der Waals surface area contributed by atoms with Crippen LogP contribution in [0, 0.1) is 0 Å². The molecule has 15 heavy (non-hydrogen) atoms. The summed E-state index contributed by atoms with van der Waals surface area (Å²) in [6.45, 7) is -2.71. The fourth-order valence-corrected chi connectivity index (χ4v) is 1.86. The normalized spacial score (nSPS) is 27.2. The lowest BCUT2D eigenvalue weighted by Crippen LogP contribution is -2.26. The molecule has 84 valence electrons. The predicted molar refractivity (Wildman–Crippen MR) is 48.3 cm³/mol. The van der Waals surface area contributed by atoms with Gasteiger partial charge in [-0.25, -0.2) is 0 Å². The Hall–Kier alpha value is -1.11. The largest absolute Gasteiger partial charge is 0.350 e. The van der Waals surface area contributed by atoms with Crippen molar-refractivity contribution in [2.75, 3.05) is 0 Å². The smallest absolute Gasteiger partial charge is 0.328 e. The molecule has 0 aliphatic heterocycles. The topological polar surface area (TPSA) is 69.6 Å². The van der Waals surface area contributed by atoms with E-state index in [0.717, 1.165) is 25.7 Å². The maximum atomic E-state index is 12.2. The molecule has 1 aliphatic rings. The molecule has 0 unspecified atom stereocenters. The van der Waals surface area contributed by atoms with E-state index in [1.165, 1.54) is 0 Å². The van der Waals surface area contributed by atoms with Crippen LogP contribution in [0.25, 0.3) is 0 Å². The first-order chi connectivity index (χ1) is 7.16. The van der Waals surface area contributed by atoms with Crippen molar-refractivity contribution in [1.82, 2.24) is 20.2 Å². The van der Waals surface area contributed by atoms with E-state index >= 15 is 0 Å². The van der Waals surface area contributed by atoms with Crippen LogP contribution in [0.2, 0.25) is 0 Å². The van der Waals surface area contributed by atoms with Gasteiger partial charge in [0.1, 0.15) is 0 Å². The lowest BCUT2D eigenvalue weighted by Gasteiger charge is -2.23. The minimum absolute atomic E-state index is 0.136. The van der Waals surface area contributed by atoms with Crippen molar-refractivity contribution in [1.29, 1.82) is 0 Å². The Morgan fingerprint density at radius 2 is 1.93 bits per heavy atom. The third-order valence-electron chi connectivity index (χ3n) is 2.76. The molecule has 0 atom stereocenters. The van der Waals surface area contributed by atoms with Gasteiger partial charge in [-0.2, -0.15) is 8.78 Å². The van der Waals surface area contributed by atoms with E-state index in [1.54, 1.807) is 0 Å².